The monoisotopic (exact) mass is 247 g/mol. The highest BCUT2D eigenvalue weighted by Gasteiger charge is 2.03. The van der Waals surface area contributed by atoms with Crippen LogP contribution in [-0.2, 0) is 6.42 Å². The van der Waals surface area contributed by atoms with Gasteiger partial charge >= 0.3 is 0 Å². The first-order chi connectivity index (χ1) is 7.26. The molecule has 1 rings (SSSR count). The lowest BCUT2D eigenvalue weighted by atomic mass is 10.1. The molecule has 0 aliphatic carbocycles. The highest BCUT2D eigenvalue weighted by atomic mass is 35.5. The number of hydrogen-bond acceptors (Lipinski definition) is 3. The summed E-state index contributed by atoms with van der Waals surface area (Å²) in [5.74, 6) is 0.386. The molecule has 86 valence electrons. The molecule has 0 bridgehead atoms. The van der Waals surface area contributed by atoms with E-state index in [2.05, 4.69) is 18.3 Å². The van der Waals surface area contributed by atoms with Crippen molar-refractivity contribution >= 4 is 22.9 Å². The Morgan fingerprint density at radius 1 is 1.53 bits per heavy atom. The van der Waals surface area contributed by atoms with Crippen molar-refractivity contribution in [2.24, 2.45) is 5.92 Å². The highest BCUT2D eigenvalue weighted by molar-refractivity contribution is 7.16. The van der Waals surface area contributed by atoms with E-state index in [0.717, 1.165) is 30.3 Å². The smallest absolute Gasteiger partial charge is 0.0931 e. The van der Waals surface area contributed by atoms with Gasteiger partial charge in [-0.05, 0) is 37.4 Å². The van der Waals surface area contributed by atoms with Gasteiger partial charge in [-0.3, -0.25) is 0 Å². The van der Waals surface area contributed by atoms with E-state index in [1.165, 1.54) is 4.88 Å². The zero-order valence-corrected chi connectivity index (χ0v) is 10.6. The summed E-state index contributed by atoms with van der Waals surface area (Å²) in [6, 6.07) is 4.00. The van der Waals surface area contributed by atoms with Gasteiger partial charge in [-0.2, -0.15) is 0 Å². The third-order valence-electron chi connectivity index (χ3n) is 2.45. The summed E-state index contributed by atoms with van der Waals surface area (Å²) >= 11 is 7.47. The zero-order chi connectivity index (χ0) is 11.1. The minimum absolute atomic E-state index is 0.272. The lowest BCUT2D eigenvalue weighted by Gasteiger charge is -2.11. The lowest BCUT2D eigenvalue weighted by molar-refractivity contribution is 0.219. The van der Waals surface area contributed by atoms with Crippen molar-refractivity contribution in [1.29, 1.82) is 0 Å². The third kappa shape index (κ3) is 4.98. The van der Waals surface area contributed by atoms with Crippen LogP contribution in [0.15, 0.2) is 12.1 Å². The summed E-state index contributed by atoms with van der Waals surface area (Å²) in [7, 11) is 0. The maximum atomic E-state index is 8.99. The predicted octanol–water partition coefficient (Wildman–Crippen LogP) is 2.55. The molecule has 4 heteroatoms. The first kappa shape index (κ1) is 13.0. The van der Waals surface area contributed by atoms with Crippen molar-refractivity contribution in [3.8, 4) is 0 Å². The highest BCUT2D eigenvalue weighted by Crippen LogP contribution is 2.21. The van der Waals surface area contributed by atoms with Crippen molar-refractivity contribution in [1.82, 2.24) is 5.32 Å². The largest absolute Gasteiger partial charge is 0.396 e. The quantitative estimate of drug-likeness (QED) is 0.726. The molecule has 2 N–H and O–H groups in total. The van der Waals surface area contributed by atoms with E-state index in [1.807, 2.05) is 6.07 Å². The van der Waals surface area contributed by atoms with Crippen LogP contribution in [0.4, 0.5) is 0 Å². The fourth-order valence-electron chi connectivity index (χ4n) is 1.34. The molecular weight excluding hydrogens is 230 g/mol. The molecule has 0 amide bonds. The maximum absolute atomic E-state index is 8.99. The van der Waals surface area contributed by atoms with Crippen molar-refractivity contribution in [2.45, 2.75) is 19.8 Å². The van der Waals surface area contributed by atoms with E-state index in [9.17, 15) is 0 Å². The van der Waals surface area contributed by atoms with Gasteiger partial charge in [-0.1, -0.05) is 18.5 Å². The Morgan fingerprint density at radius 2 is 2.33 bits per heavy atom. The summed E-state index contributed by atoms with van der Waals surface area (Å²) in [6.07, 6.45) is 2.04. The molecule has 0 saturated heterocycles. The van der Waals surface area contributed by atoms with Crippen molar-refractivity contribution in [3.63, 3.8) is 0 Å². The predicted molar refractivity (Wildman–Crippen MR) is 66.8 cm³/mol. The second-order valence-electron chi connectivity index (χ2n) is 3.62. The number of thiophene rings is 1. The number of aliphatic hydroxyl groups is 1. The molecule has 0 spiro atoms. The van der Waals surface area contributed by atoms with Gasteiger partial charge in [0.15, 0.2) is 0 Å². The summed E-state index contributed by atoms with van der Waals surface area (Å²) in [5.41, 5.74) is 0. The standard InChI is InChI=1S/C11H18ClNOS/c1-2-9(8-14)7-13-6-5-10-3-4-11(12)15-10/h3-4,9,13-14H,2,5-8H2,1H3. The molecule has 15 heavy (non-hydrogen) atoms. The van der Waals surface area contributed by atoms with Crippen LogP contribution in [0.5, 0.6) is 0 Å². The number of hydrogen-bond donors (Lipinski definition) is 2. The van der Waals surface area contributed by atoms with Gasteiger partial charge in [-0.25, -0.2) is 0 Å². The van der Waals surface area contributed by atoms with E-state index in [1.54, 1.807) is 11.3 Å². The minimum atomic E-state index is 0.272. The van der Waals surface area contributed by atoms with Crippen LogP contribution in [0, 0.1) is 5.92 Å². The fraction of sp³-hybridized carbons (Fsp3) is 0.636. The average Bonchev–Trinajstić information content (AvgIpc) is 2.65. The number of rotatable bonds is 7. The molecule has 0 radical (unpaired) electrons. The van der Waals surface area contributed by atoms with Crippen molar-refractivity contribution in [2.75, 3.05) is 19.7 Å². The Balaban J connectivity index is 2.11. The van der Waals surface area contributed by atoms with Crippen LogP contribution >= 0.6 is 22.9 Å². The van der Waals surface area contributed by atoms with Gasteiger partial charge < -0.3 is 10.4 Å². The Morgan fingerprint density at radius 3 is 2.87 bits per heavy atom. The summed E-state index contributed by atoms with van der Waals surface area (Å²) < 4.78 is 0.854. The Bertz CT molecular complexity index is 273. The number of halogens is 1. The van der Waals surface area contributed by atoms with E-state index < -0.39 is 0 Å². The van der Waals surface area contributed by atoms with Crippen molar-refractivity contribution in [3.05, 3.63) is 21.3 Å². The first-order valence-corrected chi connectivity index (χ1v) is 6.51. The molecule has 1 unspecified atom stereocenters. The zero-order valence-electron chi connectivity index (χ0n) is 9.00. The maximum Gasteiger partial charge on any atom is 0.0931 e. The summed E-state index contributed by atoms with van der Waals surface area (Å²) in [6.45, 7) is 4.22. The Labute approximate surface area is 100 Å². The average molecular weight is 248 g/mol. The van der Waals surface area contributed by atoms with Gasteiger partial charge in [0.25, 0.3) is 0 Å². The van der Waals surface area contributed by atoms with Gasteiger partial charge in [0.2, 0.25) is 0 Å². The summed E-state index contributed by atoms with van der Waals surface area (Å²) in [5, 5.41) is 12.3. The topological polar surface area (TPSA) is 32.3 Å². The van der Waals surface area contributed by atoms with E-state index in [0.29, 0.717) is 5.92 Å². The molecule has 0 aromatic carbocycles. The SMILES string of the molecule is CCC(CO)CNCCc1ccc(Cl)s1. The summed E-state index contributed by atoms with van der Waals surface area (Å²) in [4.78, 5) is 1.31. The molecule has 1 heterocycles. The molecular formula is C11H18ClNOS. The first-order valence-electron chi connectivity index (χ1n) is 5.32. The van der Waals surface area contributed by atoms with Crippen LogP contribution in [-0.4, -0.2) is 24.8 Å². The van der Waals surface area contributed by atoms with E-state index in [4.69, 9.17) is 16.7 Å². The fourth-order valence-corrected chi connectivity index (χ4v) is 2.43. The van der Waals surface area contributed by atoms with Gasteiger partial charge in [0.05, 0.1) is 4.34 Å². The minimum Gasteiger partial charge on any atom is -0.396 e. The molecule has 0 aliphatic rings. The van der Waals surface area contributed by atoms with E-state index in [-0.39, 0.29) is 6.61 Å². The van der Waals surface area contributed by atoms with Crippen LogP contribution in [0.3, 0.4) is 0 Å². The second-order valence-corrected chi connectivity index (χ2v) is 5.42. The molecule has 0 saturated carbocycles. The molecule has 0 aliphatic heterocycles. The lowest BCUT2D eigenvalue weighted by Crippen LogP contribution is -2.26. The van der Waals surface area contributed by atoms with Crippen LogP contribution in [0.2, 0.25) is 4.34 Å². The van der Waals surface area contributed by atoms with Gasteiger partial charge in [-0.15, -0.1) is 11.3 Å². The normalized spacial score (nSPS) is 13.0. The van der Waals surface area contributed by atoms with Crippen LogP contribution in [0.25, 0.3) is 0 Å². The molecule has 1 aromatic heterocycles. The molecule has 2 nitrogen and oxygen atoms in total. The van der Waals surface area contributed by atoms with E-state index >= 15 is 0 Å². The number of nitrogens with one attached hydrogen (secondary N) is 1. The third-order valence-corrected chi connectivity index (χ3v) is 3.74. The number of aliphatic hydroxyl groups excluding tert-OH is 1. The van der Waals surface area contributed by atoms with Gasteiger partial charge in [0, 0.05) is 18.0 Å². The Hall–Kier alpha value is -0.0900. The van der Waals surface area contributed by atoms with Gasteiger partial charge in [0.1, 0.15) is 0 Å². The second kappa shape index (κ2) is 7.23. The molecule has 0 fully saturated rings. The molecule has 1 aromatic rings. The Kier molecular flexibility index (Phi) is 6.25. The van der Waals surface area contributed by atoms with Crippen LogP contribution < -0.4 is 5.32 Å². The molecule has 1 atom stereocenters. The van der Waals surface area contributed by atoms with Crippen molar-refractivity contribution < 1.29 is 5.11 Å². The van der Waals surface area contributed by atoms with Crippen LogP contribution in [0.1, 0.15) is 18.2 Å².